The third-order valence-corrected chi connectivity index (χ3v) is 4.25. The summed E-state index contributed by atoms with van der Waals surface area (Å²) >= 11 is 9.42. The molecule has 5 heteroatoms. The second-order valence-corrected chi connectivity index (χ2v) is 6.85. The van der Waals surface area contributed by atoms with Crippen LogP contribution in [0.25, 0.3) is 0 Å². The Morgan fingerprint density at radius 1 is 1.50 bits per heavy atom. The van der Waals surface area contributed by atoms with Gasteiger partial charge >= 0.3 is 0 Å². The molecule has 1 aromatic carbocycles. The van der Waals surface area contributed by atoms with E-state index in [2.05, 4.69) is 21.2 Å². The number of amides is 1. The molecule has 1 fully saturated rings. The summed E-state index contributed by atoms with van der Waals surface area (Å²) in [5.41, 5.74) is 0.635. The molecule has 1 N–H and O–H groups in total. The molecular formula is C15H20BrClN2O. The monoisotopic (exact) mass is 358 g/mol. The minimum absolute atomic E-state index is 0.0388. The largest absolute Gasteiger partial charge is 0.335 e. The molecule has 1 atom stereocenters. The Hall–Kier alpha value is -0.580. The van der Waals surface area contributed by atoms with Crippen molar-refractivity contribution in [3.63, 3.8) is 0 Å². The lowest BCUT2D eigenvalue weighted by Crippen LogP contribution is -2.44. The second-order valence-electron chi connectivity index (χ2n) is 5.50. The van der Waals surface area contributed by atoms with E-state index in [-0.39, 0.29) is 11.9 Å². The standard InChI is InChI=1S/C15H20BrClN2O/c1-10(2)19(9-14-4-3-5-18-14)15(20)11-6-12(16)8-13(17)7-11/h6-8,10,14,18H,3-5,9H2,1-2H3. The van der Waals surface area contributed by atoms with Crippen molar-refractivity contribution in [3.05, 3.63) is 33.3 Å². The van der Waals surface area contributed by atoms with Crippen molar-refractivity contribution in [2.75, 3.05) is 13.1 Å². The average Bonchev–Trinajstić information content (AvgIpc) is 2.86. The lowest BCUT2D eigenvalue weighted by molar-refractivity contribution is 0.0689. The van der Waals surface area contributed by atoms with Crippen LogP contribution in [0.3, 0.4) is 0 Å². The third-order valence-electron chi connectivity index (χ3n) is 3.57. The van der Waals surface area contributed by atoms with Gasteiger partial charge in [-0.1, -0.05) is 27.5 Å². The molecule has 20 heavy (non-hydrogen) atoms. The van der Waals surface area contributed by atoms with Gasteiger partial charge in [-0.05, 0) is 51.4 Å². The van der Waals surface area contributed by atoms with Crippen molar-refractivity contribution in [2.45, 2.75) is 38.8 Å². The first-order valence-corrected chi connectivity index (χ1v) is 8.15. The smallest absolute Gasteiger partial charge is 0.254 e. The summed E-state index contributed by atoms with van der Waals surface area (Å²) < 4.78 is 0.830. The van der Waals surface area contributed by atoms with Gasteiger partial charge in [-0.15, -0.1) is 0 Å². The van der Waals surface area contributed by atoms with E-state index >= 15 is 0 Å². The Labute approximate surface area is 133 Å². The molecule has 0 saturated carbocycles. The molecule has 1 aromatic rings. The highest BCUT2D eigenvalue weighted by Gasteiger charge is 2.24. The Morgan fingerprint density at radius 2 is 2.25 bits per heavy atom. The summed E-state index contributed by atoms with van der Waals surface area (Å²) in [5.74, 6) is 0.0388. The number of hydrogen-bond donors (Lipinski definition) is 1. The lowest BCUT2D eigenvalue weighted by Gasteiger charge is -2.29. The highest BCUT2D eigenvalue weighted by Crippen LogP contribution is 2.22. The van der Waals surface area contributed by atoms with Crippen LogP contribution >= 0.6 is 27.5 Å². The molecule has 0 radical (unpaired) electrons. The van der Waals surface area contributed by atoms with Crippen molar-refractivity contribution in [2.24, 2.45) is 0 Å². The molecule has 1 saturated heterocycles. The first-order valence-electron chi connectivity index (χ1n) is 6.98. The summed E-state index contributed by atoms with van der Waals surface area (Å²) in [7, 11) is 0. The number of hydrogen-bond acceptors (Lipinski definition) is 2. The maximum atomic E-state index is 12.7. The fraction of sp³-hybridized carbons (Fsp3) is 0.533. The van der Waals surface area contributed by atoms with E-state index < -0.39 is 0 Å². The molecule has 110 valence electrons. The predicted octanol–water partition coefficient (Wildman–Crippen LogP) is 3.71. The molecule has 1 aliphatic heterocycles. The first kappa shape index (κ1) is 15.8. The Kier molecular flexibility index (Phi) is 5.47. The number of nitrogens with zero attached hydrogens (tertiary/aromatic N) is 1. The van der Waals surface area contributed by atoms with Gasteiger partial charge in [-0.2, -0.15) is 0 Å². The maximum Gasteiger partial charge on any atom is 0.254 e. The van der Waals surface area contributed by atoms with Gasteiger partial charge in [0, 0.05) is 33.7 Å². The molecule has 1 unspecified atom stereocenters. The number of nitrogens with one attached hydrogen (secondary N) is 1. The van der Waals surface area contributed by atoms with Crippen LogP contribution in [-0.2, 0) is 0 Å². The van der Waals surface area contributed by atoms with Crippen LogP contribution in [0.1, 0.15) is 37.0 Å². The fourth-order valence-corrected chi connectivity index (χ4v) is 3.38. The molecule has 1 aliphatic rings. The summed E-state index contributed by atoms with van der Waals surface area (Å²) in [6.45, 7) is 5.90. The highest BCUT2D eigenvalue weighted by atomic mass is 79.9. The van der Waals surface area contributed by atoms with Crippen molar-refractivity contribution in [3.8, 4) is 0 Å². The number of carbonyl (C=O) groups is 1. The van der Waals surface area contributed by atoms with Crippen LogP contribution in [0.15, 0.2) is 22.7 Å². The van der Waals surface area contributed by atoms with Crippen LogP contribution in [0.5, 0.6) is 0 Å². The molecule has 0 spiro atoms. The first-order chi connectivity index (χ1) is 9.47. The van der Waals surface area contributed by atoms with Crippen molar-refractivity contribution >= 4 is 33.4 Å². The summed E-state index contributed by atoms with van der Waals surface area (Å²) in [6.07, 6.45) is 2.32. The van der Waals surface area contributed by atoms with E-state index in [4.69, 9.17) is 11.6 Å². The molecule has 1 amide bonds. The Morgan fingerprint density at radius 3 is 2.80 bits per heavy atom. The zero-order valence-corrected chi connectivity index (χ0v) is 14.2. The number of halogens is 2. The fourth-order valence-electron chi connectivity index (χ4n) is 2.52. The zero-order chi connectivity index (χ0) is 14.7. The number of rotatable bonds is 4. The molecule has 1 heterocycles. The molecular weight excluding hydrogens is 340 g/mol. The van der Waals surface area contributed by atoms with Crippen LogP contribution < -0.4 is 5.32 Å². The molecule has 0 aliphatic carbocycles. The number of carbonyl (C=O) groups excluding carboxylic acids is 1. The van der Waals surface area contributed by atoms with E-state index in [9.17, 15) is 4.79 Å². The molecule has 2 rings (SSSR count). The van der Waals surface area contributed by atoms with Crippen LogP contribution in [0.2, 0.25) is 5.02 Å². The molecule has 0 aromatic heterocycles. The Balaban J connectivity index is 2.17. The van der Waals surface area contributed by atoms with E-state index in [1.807, 2.05) is 24.8 Å². The van der Waals surface area contributed by atoms with E-state index in [1.165, 1.54) is 6.42 Å². The van der Waals surface area contributed by atoms with Crippen LogP contribution in [0.4, 0.5) is 0 Å². The van der Waals surface area contributed by atoms with E-state index in [0.29, 0.717) is 16.6 Å². The van der Waals surface area contributed by atoms with Gasteiger partial charge in [0.2, 0.25) is 0 Å². The van der Waals surface area contributed by atoms with Crippen molar-refractivity contribution in [1.29, 1.82) is 0 Å². The topological polar surface area (TPSA) is 32.3 Å². The quantitative estimate of drug-likeness (QED) is 0.889. The predicted molar refractivity (Wildman–Crippen MR) is 86.3 cm³/mol. The highest BCUT2D eigenvalue weighted by molar-refractivity contribution is 9.10. The minimum Gasteiger partial charge on any atom is -0.335 e. The van der Waals surface area contributed by atoms with Gasteiger partial charge in [0.1, 0.15) is 0 Å². The van der Waals surface area contributed by atoms with Crippen LogP contribution in [-0.4, -0.2) is 36.0 Å². The second kappa shape index (κ2) is 6.92. The van der Waals surface area contributed by atoms with Gasteiger partial charge in [0.05, 0.1) is 0 Å². The maximum absolute atomic E-state index is 12.7. The van der Waals surface area contributed by atoms with Gasteiger partial charge in [0.15, 0.2) is 0 Å². The van der Waals surface area contributed by atoms with Crippen LogP contribution in [0, 0.1) is 0 Å². The normalized spacial score (nSPS) is 18.6. The Bertz CT molecular complexity index is 467. The van der Waals surface area contributed by atoms with Gasteiger partial charge in [-0.25, -0.2) is 0 Å². The van der Waals surface area contributed by atoms with Crippen molar-refractivity contribution in [1.82, 2.24) is 10.2 Å². The molecule has 3 nitrogen and oxygen atoms in total. The lowest BCUT2D eigenvalue weighted by atomic mass is 10.1. The van der Waals surface area contributed by atoms with Gasteiger partial charge < -0.3 is 10.2 Å². The summed E-state index contributed by atoms with van der Waals surface area (Å²) in [6, 6.07) is 5.92. The minimum atomic E-state index is 0.0388. The summed E-state index contributed by atoms with van der Waals surface area (Å²) in [4.78, 5) is 14.6. The SMILES string of the molecule is CC(C)N(CC1CCCN1)C(=O)c1cc(Cl)cc(Br)c1. The summed E-state index contributed by atoms with van der Waals surface area (Å²) in [5, 5.41) is 4.02. The van der Waals surface area contributed by atoms with E-state index in [0.717, 1.165) is 24.0 Å². The molecule has 0 bridgehead atoms. The van der Waals surface area contributed by atoms with Gasteiger partial charge in [-0.3, -0.25) is 4.79 Å². The van der Waals surface area contributed by atoms with E-state index in [1.54, 1.807) is 12.1 Å². The van der Waals surface area contributed by atoms with Crippen molar-refractivity contribution < 1.29 is 4.79 Å². The van der Waals surface area contributed by atoms with Gasteiger partial charge in [0.25, 0.3) is 5.91 Å². The number of benzene rings is 1. The third kappa shape index (κ3) is 3.96. The zero-order valence-electron chi connectivity index (χ0n) is 11.8. The average molecular weight is 360 g/mol.